The highest BCUT2D eigenvalue weighted by Crippen LogP contribution is 2.19. The third kappa shape index (κ3) is 4.52. The molecular weight excluding hydrogens is 335 g/mol. The van der Waals surface area contributed by atoms with Crippen molar-refractivity contribution in [2.45, 2.75) is 32.2 Å². The summed E-state index contributed by atoms with van der Waals surface area (Å²) in [6, 6.07) is 5.00. The van der Waals surface area contributed by atoms with Crippen molar-refractivity contribution in [2.24, 2.45) is 0 Å². The second kappa shape index (κ2) is 8.21. The summed E-state index contributed by atoms with van der Waals surface area (Å²) in [5, 5.41) is 10.00. The van der Waals surface area contributed by atoms with Crippen LogP contribution in [0.4, 0.5) is 4.39 Å². The molecule has 2 N–H and O–H groups in total. The van der Waals surface area contributed by atoms with Crippen molar-refractivity contribution >= 4 is 18.3 Å². The van der Waals surface area contributed by atoms with Gasteiger partial charge >= 0.3 is 0 Å². The van der Waals surface area contributed by atoms with E-state index in [0.29, 0.717) is 35.7 Å². The lowest BCUT2D eigenvalue weighted by molar-refractivity contribution is -0.121. The molecule has 0 radical (unpaired) electrons. The summed E-state index contributed by atoms with van der Waals surface area (Å²) < 4.78 is 18.7. The van der Waals surface area contributed by atoms with Crippen LogP contribution in [0.1, 0.15) is 24.3 Å². The molecule has 0 spiro atoms. The van der Waals surface area contributed by atoms with Crippen LogP contribution in [-0.4, -0.2) is 35.2 Å². The molecule has 0 bridgehead atoms. The summed E-state index contributed by atoms with van der Waals surface area (Å²) in [6.07, 6.45) is 1.61. The van der Waals surface area contributed by atoms with Crippen LogP contribution in [0, 0.1) is 12.7 Å². The Hall–Kier alpha value is -1.99. The van der Waals surface area contributed by atoms with E-state index in [0.717, 1.165) is 19.5 Å². The lowest BCUT2D eigenvalue weighted by atomic mass is 10.1. The Kier molecular flexibility index (Phi) is 6.28. The maximum absolute atomic E-state index is 13.6. The molecule has 1 fully saturated rings. The van der Waals surface area contributed by atoms with Crippen molar-refractivity contribution < 1.29 is 13.7 Å². The average Bonchev–Trinajstić information content (AvgIpc) is 3.19. The summed E-state index contributed by atoms with van der Waals surface area (Å²) in [5.41, 5.74) is 1.13. The molecule has 1 amide bonds. The number of carbonyl (C=O) groups is 1. The molecule has 1 saturated heterocycles. The van der Waals surface area contributed by atoms with Crippen LogP contribution in [0.25, 0.3) is 11.4 Å². The van der Waals surface area contributed by atoms with Gasteiger partial charge in [-0.25, -0.2) is 4.39 Å². The third-order valence-electron chi connectivity index (χ3n) is 3.89. The van der Waals surface area contributed by atoms with E-state index in [2.05, 4.69) is 20.8 Å². The van der Waals surface area contributed by atoms with Gasteiger partial charge in [-0.05, 0) is 31.5 Å². The van der Waals surface area contributed by atoms with E-state index in [9.17, 15) is 9.18 Å². The second-order valence-corrected chi connectivity index (χ2v) is 5.73. The highest BCUT2D eigenvalue weighted by Gasteiger charge is 2.17. The summed E-state index contributed by atoms with van der Waals surface area (Å²) in [6.45, 7) is 3.44. The Morgan fingerprint density at radius 1 is 1.50 bits per heavy atom. The van der Waals surface area contributed by atoms with Crippen LogP contribution in [0.5, 0.6) is 0 Å². The second-order valence-electron chi connectivity index (χ2n) is 5.73. The van der Waals surface area contributed by atoms with Crippen molar-refractivity contribution in [3.8, 4) is 11.4 Å². The zero-order valence-corrected chi connectivity index (χ0v) is 14.2. The fourth-order valence-electron chi connectivity index (χ4n) is 2.50. The van der Waals surface area contributed by atoms with Gasteiger partial charge in [0.15, 0.2) is 0 Å². The molecule has 0 saturated carbocycles. The molecule has 1 atom stereocenters. The van der Waals surface area contributed by atoms with E-state index < -0.39 is 0 Å². The number of hydrogen-bond acceptors (Lipinski definition) is 5. The minimum absolute atomic E-state index is 0. The Labute approximate surface area is 145 Å². The van der Waals surface area contributed by atoms with Crippen molar-refractivity contribution in [3.63, 3.8) is 0 Å². The highest BCUT2D eigenvalue weighted by atomic mass is 35.5. The highest BCUT2D eigenvalue weighted by molar-refractivity contribution is 5.85. The zero-order chi connectivity index (χ0) is 16.2. The van der Waals surface area contributed by atoms with Gasteiger partial charge in [-0.15, -0.1) is 12.4 Å². The van der Waals surface area contributed by atoms with Gasteiger partial charge in [0.2, 0.25) is 17.6 Å². The first-order valence-electron chi connectivity index (χ1n) is 7.71. The Bertz CT molecular complexity index is 701. The number of hydrogen-bond donors (Lipinski definition) is 2. The molecule has 1 aromatic heterocycles. The fraction of sp³-hybridized carbons (Fsp3) is 0.438. The predicted molar refractivity (Wildman–Crippen MR) is 89.4 cm³/mol. The number of benzene rings is 1. The van der Waals surface area contributed by atoms with Gasteiger partial charge in [-0.2, -0.15) is 4.98 Å². The smallest absolute Gasteiger partial charge is 0.227 e. The number of aromatic nitrogens is 2. The quantitative estimate of drug-likeness (QED) is 0.858. The van der Waals surface area contributed by atoms with E-state index in [1.54, 1.807) is 19.1 Å². The molecule has 8 heteroatoms. The van der Waals surface area contributed by atoms with Gasteiger partial charge in [-0.1, -0.05) is 17.3 Å². The van der Waals surface area contributed by atoms with Crippen LogP contribution in [0.15, 0.2) is 22.7 Å². The van der Waals surface area contributed by atoms with Crippen molar-refractivity contribution in [1.29, 1.82) is 0 Å². The monoisotopic (exact) mass is 354 g/mol. The molecule has 6 nitrogen and oxygen atoms in total. The van der Waals surface area contributed by atoms with Gasteiger partial charge in [0.05, 0.1) is 0 Å². The van der Waals surface area contributed by atoms with Crippen LogP contribution >= 0.6 is 12.4 Å². The lowest BCUT2D eigenvalue weighted by Gasteiger charge is -2.10. The van der Waals surface area contributed by atoms with E-state index in [-0.39, 0.29) is 30.2 Å². The molecule has 2 aromatic rings. The van der Waals surface area contributed by atoms with Crippen LogP contribution < -0.4 is 10.6 Å². The van der Waals surface area contributed by atoms with Crippen LogP contribution in [-0.2, 0) is 11.2 Å². The molecule has 1 unspecified atom stereocenters. The first-order chi connectivity index (χ1) is 11.1. The first kappa shape index (κ1) is 18.4. The van der Waals surface area contributed by atoms with E-state index in [1.807, 2.05) is 0 Å². The Morgan fingerprint density at radius 2 is 2.33 bits per heavy atom. The summed E-state index contributed by atoms with van der Waals surface area (Å²) in [7, 11) is 0. The molecular formula is C16H20ClFN4O2. The first-order valence-corrected chi connectivity index (χ1v) is 7.71. The van der Waals surface area contributed by atoms with Crippen LogP contribution in [0.3, 0.4) is 0 Å². The maximum atomic E-state index is 13.6. The molecule has 3 rings (SSSR count). The number of halogens is 2. The fourth-order valence-corrected chi connectivity index (χ4v) is 2.50. The summed E-state index contributed by atoms with van der Waals surface area (Å²) in [4.78, 5) is 16.1. The predicted octanol–water partition coefficient (Wildman–Crippen LogP) is 2.02. The van der Waals surface area contributed by atoms with Crippen molar-refractivity contribution in [2.75, 3.05) is 13.1 Å². The summed E-state index contributed by atoms with van der Waals surface area (Å²) >= 11 is 0. The number of nitrogens with zero attached hydrogens (tertiary/aromatic N) is 2. The number of carbonyl (C=O) groups excluding carboxylic acids is 1. The Morgan fingerprint density at radius 3 is 3.04 bits per heavy atom. The molecule has 0 aliphatic carbocycles. The number of aryl methyl sites for hydroxylation is 2. The molecule has 1 aliphatic heterocycles. The van der Waals surface area contributed by atoms with Gasteiger partial charge in [0, 0.05) is 31.0 Å². The number of nitrogens with one attached hydrogen (secondary N) is 2. The SMILES string of the molecule is Cc1ccc(-c2noc(CCC(=O)NC3CCNC3)n2)cc1F.Cl. The average molecular weight is 355 g/mol. The standard InChI is InChI=1S/C16H19FN4O2.ClH/c1-10-2-3-11(8-13(10)17)16-20-15(23-21-16)5-4-14(22)19-12-6-7-18-9-12;/h2-3,8,12,18H,4-7,9H2,1H3,(H,19,22);1H. The summed E-state index contributed by atoms with van der Waals surface area (Å²) in [5.74, 6) is 0.373. The number of rotatable bonds is 5. The topological polar surface area (TPSA) is 80.0 Å². The van der Waals surface area contributed by atoms with E-state index in [1.165, 1.54) is 6.07 Å². The molecule has 130 valence electrons. The van der Waals surface area contributed by atoms with E-state index >= 15 is 0 Å². The maximum Gasteiger partial charge on any atom is 0.227 e. The van der Waals surface area contributed by atoms with Gasteiger partial charge in [-0.3, -0.25) is 4.79 Å². The molecule has 24 heavy (non-hydrogen) atoms. The zero-order valence-electron chi connectivity index (χ0n) is 13.3. The van der Waals surface area contributed by atoms with Crippen molar-refractivity contribution in [1.82, 2.24) is 20.8 Å². The van der Waals surface area contributed by atoms with Gasteiger partial charge in [0.1, 0.15) is 5.82 Å². The third-order valence-corrected chi connectivity index (χ3v) is 3.89. The minimum atomic E-state index is -0.307. The largest absolute Gasteiger partial charge is 0.352 e. The lowest BCUT2D eigenvalue weighted by Crippen LogP contribution is -2.36. The van der Waals surface area contributed by atoms with Crippen molar-refractivity contribution in [3.05, 3.63) is 35.5 Å². The molecule has 1 aromatic carbocycles. The van der Waals surface area contributed by atoms with Crippen LogP contribution in [0.2, 0.25) is 0 Å². The van der Waals surface area contributed by atoms with E-state index in [4.69, 9.17) is 4.52 Å². The Balaban J connectivity index is 0.00000208. The van der Waals surface area contributed by atoms with Gasteiger partial charge < -0.3 is 15.2 Å². The van der Waals surface area contributed by atoms with Gasteiger partial charge in [0.25, 0.3) is 0 Å². The molecule has 2 heterocycles. The number of amides is 1. The normalized spacial score (nSPS) is 16.7. The molecule has 1 aliphatic rings. The minimum Gasteiger partial charge on any atom is -0.352 e.